The maximum atomic E-state index is 12.8. The zero-order chi connectivity index (χ0) is 35.1. The molecule has 2 aromatic rings. The monoisotopic (exact) mass is 668 g/mol. The molecule has 2 atom stereocenters. The van der Waals surface area contributed by atoms with Crippen LogP contribution in [0.25, 0.3) is 5.69 Å². The zero-order valence-corrected chi connectivity index (χ0v) is 28.4. The number of carboxylic acid groups (broad SMARTS) is 1. The summed E-state index contributed by atoms with van der Waals surface area (Å²) in [4.78, 5) is 68.3. The quantitative estimate of drug-likeness (QED) is 0.254. The average molecular weight is 669 g/mol. The molecule has 1 aliphatic heterocycles. The summed E-state index contributed by atoms with van der Waals surface area (Å²) < 4.78 is 6.72. The van der Waals surface area contributed by atoms with Crippen LogP contribution < -0.4 is 27.0 Å². The summed E-state index contributed by atoms with van der Waals surface area (Å²) >= 11 is 0. The number of rotatable bonds is 10. The molecule has 262 valence electrons. The molecule has 1 aliphatic carbocycles. The van der Waals surface area contributed by atoms with Crippen molar-refractivity contribution in [3.8, 4) is 5.69 Å². The van der Waals surface area contributed by atoms with Crippen molar-refractivity contribution in [2.75, 3.05) is 44.6 Å². The molecule has 0 radical (unpaired) electrons. The number of carbonyl (C=O) groups is 4. The standard InChI is InChI=1S/C33H48N8O7/c1-32(2,3)48-31(47)35-21-23-6-9-24(20-23)34-14-12-22-7-10-25(11-8-22)41-15-13-26(37-29(41)44)36-28(43)40-18-16-39(17-19-40)27(42)33(4,5)38-30(45)46/h7-8,10-11,13,15,23-24,34,38H,6,9,12,14,16-21H2,1-5H3,(H,35,47)(H,45,46)(H,36,37,43,44)/t23-,24+/m1/s1. The summed E-state index contributed by atoms with van der Waals surface area (Å²) in [7, 11) is 0. The fourth-order valence-corrected chi connectivity index (χ4v) is 5.92. The van der Waals surface area contributed by atoms with Gasteiger partial charge in [-0.2, -0.15) is 4.98 Å². The van der Waals surface area contributed by atoms with E-state index in [0.29, 0.717) is 24.2 Å². The lowest BCUT2D eigenvalue weighted by Crippen LogP contribution is -2.60. The van der Waals surface area contributed by atoms with Crippen molar-refractivity contribution in [3.05, 3.63) is 52.6 Å². The topological polar surface area (TPSA) is 187 Å². The van der Waals surface area contributed by atoms with Gasteiger partial charge in [0.1, 0.15) is 17.0 Å². The van der Waals surface area contributed by atoms with E-state index in [-0.39, 0.29) is 44.0 Å². The highest BCUT2D eigenvalue weighted by molar-refractivity contribution is 5.90. The minimum absolute atomic E-state index is 0.115. The first-order valence-corrected chi connectivity index (χ1v) is 16.4. The van der Waals surface area contributed by atoms with E-state index in [1.54, 1.807) is 12.3 Å². The van der Waals surface area contributed by atoms with Crippen molar-refractivity contribution in [3.63, 3.8) is 0 Å². The minimum Gasteiger partial charge on any atom is -0.465 e. The number of amides is 5. The lowest BCUT2D eigenvalue weighted by molar-refractivity contribution is -0.138. The highest BCUT2D eigenvalue weighted by Gasteiger charge is 2.35. The van der Waals surface area contributed by atoms with Gasteiger partial charge in [0.25, 0.3) is 0 Å². The van der Waals surface area contributed by atoms with Crippen LogP contribution in [-0.4, -0.2) is 105 Å². The lowest BCUT2D eigenvalue weighted by Gasteiger charge is -2.38. The summed E-state index contributed by atoms with van der Waals surface area (Å²) in [5.41, 5.74) is -0.552. The molecule has 5 amide bonds. The SMILES string of the molecule is CC(C)(C)OC(=O)NC[C@@H]1CC[C@H](NCCc2ccc(-n3ccc(NC(=O)N4CCN(C(=O)C(C)(C)NC(=O)O)CC4)nc3=O)cc2)C1. The maximum Gasteiger partial charge on any atom is 0.407 e. The van der Waals surface area contributed by atoms with Crippen molar-refractivity contribution in [2.24, 2.45) is 5.92 Å². The van der Waals surface area contributed by atoms with Gasteiger partial charge < -0.3 is 35.6 Å². The number of carbonyl (C=O) groups excluding carboxylic acids is 3. The van der Waals surface area contributed by atoms with Gasteiger partial charge in [-0.1, -0.05) is 12.1 Å². The second kappa shape index (κ2) is 15.5. The smallest absolute Gasteiger partial charge is 0.407 e. The first kappa shape index (κ1) is 36.2. The van der Waals surface area contributed by atoms with Gasteiger partial charge in [-0.25, -0.2) is 19.2 Å². The van der Waals surface area contributed by atoms with Gasteiger partial charge in [0, 0.05) is 45.0 Å². The molecule has 15 heteroatoms. The van der Waals surface area contributed by atoms with Gasteiger partial charge in [-0.05, 0) is 96.5 Å². The average Bonchev–Trinajstić information content (AvgIpc) is 3.46. The third kappa shape index (κ3) is 10.4. The Bertz CT molecular complexity index is 1510. The van der Waals surface area contributed by atoms with E-state index < -0.39 is 29.0 Å². The number of aromatic nitrogens is 2. The third-order valence-electron chi connectivity index (χ3n) is 8.38. The van der Waals surface area contributed by atoms with Crippen molar-refractivity contribution in [2.45, 2.75) is 77.5 Å². The number of nitrogens with one attached hydrogen (secondary N) is 4. The number of nitrogens with zero attached hydrogens (tertiary/aromatic N) is 4. The van der Waals surface area contributed by atoms with E-state index in [9.17, 15) is 24.0 Å². The Morgan fingerprint density at radius 3 is 2.25 bits per heavy atom. The Balaban J connectivity index is 1.19. The fourth-order valence-electron chi connectivity index (χ4n) is 5.92. The Labute approximate surface area is 280 Å². The zero-order valence-electron chi connectivity index (χ0n) is 28.4. The number of urea groups is 1. The van der Waals surface area contributed by atoms with Crippen molar-refractivity contribution in [1.29, 1.82) is 0 Å². The van der Waals surface area contributed by atoms with Crippen LogP contribution in [0.15, 0.2) is 41.3 Å². The van der Waals surface area contributed by atoms with Crippen LogP contribution in [-0.2, 0) is 16.0 Å². The Hall–Kier alpha value is -4.66. The van der Waals surface area contributed by atoms with Crippen LogP contribution in [0.5, 0.6) is 0 Å². The normalized spacial score (nSPS) is 18.3. The van der Waals surface area contributed by atoms with Gasteiger partial charge in [-0.3, -0.25) is 14.7 Å². The van der Waals surface area contributed by atoms with Gasteiger partial charge in [0.05, 0.1) is 5.69 Å². The molecule has 0 unspecified atom stereocenters. The summed E-state index contributed by atoms with van der Waals surface area (Å²) in [6.45, 7) is 10.9. The molecule has 4 rings (SSSR count). The van der Waals surface area contributed by atoms with Crippen LogP contribution in [0.3, 0.4) is 0 Å². The van der Waals surface area contributed by atoms with E-state index in [2.05, 4.69) is 26.3 Å². The van der Waals surface area contributed by atoms with E-state index in [1.165, 1.54) is 28.2 Å². The fraction of sp³-hybridized carbons (Fsp3) is 0.576. The number of hydrogen-bond acceptors (Lipinski definition) is 8. The predicted octanol–water partition coefficient (Wildman–Crippen LogP) is 2.78. The molecule has 2 fully saturated rings. The van der Waals surface area contributed by atoms with Crippen LogP contribution in [0.1, 0.15) is 59.4 Å². The summed E-state index contributed by atoms with van der Waals surface area (Å²) in [6.07, 6.45) is 3.85. The number of alkyl carbamates (subject to hydrolysis) is 1. The predicted molar refractivity (Wildman–Crippen MR) is 179 cm³/mol. The molecular weight excluding hydrogens is 620 g/mol. The number of hydrogen-bond donors (Lipinski definition) is 5. The second-order valence-corrected chi connectivity index (χ2v) is 13.9. The Kier molecular flexibility index (Phi) is 11.7. The van der Waals surface area contributed by atoms with Crippen molar-refractivity contribution >= 4 is 29.9 Å². The lowest BCUT2D eigenvalue weighted by atomic mass is 10.0. The van der Waals surface area contributed by atoms with Crippen LogP contribution >= 0.6 is 0 Å². The Morgan fingerprint density at radius 1 is 0.958 bits per heavy atom. The summed E-state index contributed by atoms with van der Waals surface area (Å²) in [5, 5.41) is 20.3. The second-order valence-electron chi connectivity index (χ2n) is 13.9. The molecule has 2 aliphatic rings. The number of piperazine rings is 1. The van der Waals surface area contributed by atoms with Crippen LogP contribution in [0.2, 0.25) is 0 Å². The van der Waals surface area contributed by atoms with Gasteiger partial charge >= 0.3 is 23.9 Å². The molecule has 1 aromatic heterocycles. The first-order valence-electron chi connectivity index (χ1n) is 16.4. The highest BCUT2D eigenvalue weighted by Crippen LogP contribution is 2.25. The van der Waals surface area contributed by atoms with E-state index in [0.717, 1.165) is 37.8 Å². The number of anilines is 1. The Morgan fingerprint density at radius 2 is 1.62 bits per heavy atom. The van der Waals surface area contributed by atoms with Gasteiger partial charge in [-0.15, -0.1) is 0 Å². The molecule has 48 heavy (non-hydrogen) atoms. The summed E-state index contributed by atoms with van der Waals surface area (Å²) in [6, 6.07) is 9.19. The van der Waals surface area contributed by atoms with Crippen molar-refractivity contribution < 1.29 is 29.0 Å². The summed E-state index contributed by atoms with van der Waals surface area (Å²) in [5.74, 6) is 0.173. The number of ether oxygens (including phenoxy) is 1. The molecule has 5 N–H and O–H groups in total. The molecule has 0 bridgehead atoms. The van der Waals surface area contributed by atoms with Crippen molar-refractivity contribution in [1.82, 2.24) is 35.3 Å². The minimum atomic E-state index is -1.29. The van der Waals surface area contributed by atoms with Gasteiger partial charge in [0.15, 0.2) is 0 Å². The number of benzene rings is 1. The molecule has 15 nitrogen and oxygen atoms in total. The molecular formula is C33H48N8O7. The molecule has 1 aromatic carbocycles. The maximum absolute atomic E-state index is 12.8. The van der Waals surface area contributed by atoms with Gasteiger partial charge in [0.2, 0.25) is 5.91 Å². The third-order valence-corrected chi connectivity index (χ3v) is 8.38. The highest BCUT2D eigenvalue weighted by atomic mass is 16.6. The molecule has 1 saturated heterocycles. The van der Waals surface area contributed by atoms with E-state index >= 15 is 0 Å². The first-order chi connectivity index (χ1) is 22.6. The van der Waals surface area contributed by atoms with E-state index in [1.807, 2.05) is 45.0 Å². The molecule has 1 saturated carbocycles. The largest absolute Gasteiger partial charge is 0.465 e. The van der Waals surface area contributed by atoms with E-state index in [4.69, 9.17) is 9.84 Å². The van der Waals surface area contributed by atoms with Crippen LogP contribution in [0.4, 0.5) is 20.2 Å². The van der Waals surface area contributed by atoms with Crippen LogP contribution in [0, 0.1) is 5.92 Å². The molecule has 2 heterocycles. The molecule has 0 spiro atoms.